The van der Waals surface area contributed by atoms with Crippen LogP contribution in [0.5, 0.6) is 0 Å². The lowest BCUT2D eigenvalue weighted by Gasteiger charge is -2.22. The summed E-state index contributed by atoms with van der Waals surface area (Å²) in [6.07, 6.45) is 1.16. The quantitative estimate of drug-likeness (QED) is 0.664. The molecule has 13 heavy (non-hydrogen) atoms. The zero-order valence-corrected chi connectivity index (χ0v) is 9.72. The lowest BCUT2D eigenvalue weighted by molar-refractivity contribution is 0.268. The molecule has 0 radical (unpaired) electrons. The fraction of sp³-hybridized carbons (Fsp3) is 0.900. The van der Waals surface area contributed by atoms with Crippen LogP contribution in [-0.4, -0.2) is 30.8 Å². The average Bonchev–Trinajstić information content (AvgIpc) is 2.13. The second-order valence-electron chi connectivity index (χ2n) is 3.71. The van der Waals surface area contributed by atoms with Crippen molar-refractivity contribution < 1.29 is 0 Å². The predicted molar refractivity (Wildman–Crippen MR) is 59.9 cm³/mol. The maximum atomic E-state index is 8.64. The van der Waals surface area contributed by atoms with Gasteiger partial charge in [0.05, 0.1) is 12.0 Å². The first kappa shape index (κ1) is 12.8. The average molecular weight is 200 g/mol. The molecule has 0 heterocycles. The summed E-state index contributed by atoms with van der Waals surface area (Å²) in [5, 5.41) is 8.64. The van der Waals surface area contributed by atoms with Gasteiger partial charge in [0.2, 0.25) is 0 Å². The van der Waals surface area contributed by atoms with Gasteiger partial charge in [0.1, 0.15) is 0 Å². The highest BCUT2D eigenvalue weighted by molar-refractivity contribution is 7.80. The number of rotatable bonds is 6. The monoisotopic (exact) mass is 200 g/mol. The Hall–Kier alpha value is -0.200. The van der Waals surface area contributed by atoms with Crippen molar-refractivity contribution in [2.75, 3.05) is 25.9 Å². The number of nitriles is 1. The van der Waals surface area contributed by atoms with Crippen LogP contribution in [0.25, 0.3) is 0 Å². The third-order valence-corrected chi connectivity index (χ3v) is 2.73. The molecule has 0 spiro atoms. The summed E-state index contributed by atoms with van der Waals surface area (Å²) in [6.45, 7) is 6.05. The first-order chi connectivity index (χ1) is 6.13. The third kappa shape index (κ3) is 5.95. The Balaban J connectivity index is 3.73. The highest BCUT2D eigenvalue weighted by Gasteiger charge is 2.10. The Morgan fingerprint density at radius 2 is 2.08 bits per heavy atom. The normalized spacial score (nSPS) is 15.4. The van der Waals surface area contributed by atoms with Gasteiger partial charge in [0.25, 0.3) is 0 Å². The van der Waals surface area contributed by atoms with E-state index in [-0.39, 0.29) is 5.92 Å². The van der Waals surface area contributed by atoms with E-state index < -0.39 is 0 Å². The second kappa shape index (κ2) is 7.23. The molecule has 0 aliphatic heterocycles. The lowest BCUT2D eigenvalue weighted by Crippen LogP contribution is -2.29. The summed E-state index contributed by atoms with van der Waals surface area (Å²) in [7, 11) is 2.07. The largest absolute Gasteiger partial charge is 0.305 e. The van der Waals surface area contributed by atoms with Gasteiger partial charge in [0, 0.05) is 13.1 Å². The molecule has 0 rings (SSSR count). The molecule has 2 atom stereocenters. The van der Waals surface area contributed by atoms with Crippen molar-refractivity contribution in [3.05, 3.63) is 0 Å². The van der Waals surface area contributed by atoms with E-state index in [9.17, 15) is 0 Å². The van der Waals surface area contributed by atoms with Crippen LogP contribution in [0.4, 0.5) is 0 Å². The van der Waals surface area contributed by atoms with E-state index >= 15 is 0 Å². The van der Waals surface area contributed by atoms with Crippen LogP contribution in [0, 0.1) is 23.2 Å². The molecule has 0 aromatic heterocycles. The van der Waals surface area contributed by atoms with Crippen molar-refractivity contribution in [2.24, 2.45) is 11.8 Å². The third-order valence-electron chi connectivity index (χ3n) is 2.21. The minimum atomic E-state index is 0.127. The minimum absolute atomic E-state index is 0.127. The van der Waals surface area contributed by atoms with Gasteiger partial charge in [-0.1, -0.05) is 13.3 Å². The fourth-order valence-corrected chi connectivity index (χ4v) is 1.71. The topological polar surface area (TPSA) is 27.0 Å². The molecule has 0 saturated heterocycles. The lowest BCUT2D eigenvalue weighted by atomic mass is 10.1. The smallest absolute Gasteiger partial charge is 0.0666 e. The molecule has 3 heteroatoms. The van der Waals surface area contributed by atoms with Crippen LogP contribution in [0.3, 0.4) is 0 Å². The molecule has 2 nitrogen and oxygen atoms in total. The zero-order valence-electron chi connectivity index (χ0n) is 8.82. The van der Waals surface area contributed by atoms with Gasteiger partial charge in [-0.2, -0.15) is 17.9 Å². The summed E-state index contributed by atoms with van der Waals surface area (Å²) in [5.74, 6) is 1.71. The first-order valence-corrected chi connectivity index (χ1v) is 5.46. The molecule has 0 aromatic carbocycles. The van der Waals surface area contributed by atoms with E-state index in [1.54, 1.807) is 0 Å². The minimum Gasteiger partial charge on any atom is -0.305 e. The highest BCUT2D eigenvalue weighted by atomic mass is 32.1. The molecule has 0 fully saturated rings. The number of nitrogens with zero attached hydrogens (tertiary/aromatic N) is 2. The van der Waals surface area contributed by atoms with Gasteiger partial charge in [-0.25, -0.2) is 0 Å². The fourth-order valence-electron chi connectivity index (χ4n) is 1.34. The number of hydrogen-bond acceptors (Lipinski definition) is 3. The molecule has 0 aromatic rings. The summed E-state index contributed by atoms with van der Waals surface area (Å²) >= 11 is 4.29. The molecule has 0 amide bonds. The van der Waals surface area contributed by atoms with Crippen molar-refractivity contribution in [1.29, 1.82) is 5.26 Å². The zero-order chi connectivity index (χ0) is 10.3. The van der Waals surface area contributed by atoms with E-state index in [1.165, 1.54) is 0 Å². The van der Waals surface area contributed by atoms with E-state index in [0.29, 0.717) is 5.92 Å². The summed E-state index contributed by atoms with van der Waals surface area (Å²) in [4.78, 5) is 2.22. The maximum absolute atomic E-state index is 8.64. The maximum Gasteiger partial charge on any atom is 0.0666 e. The van der Waals surface area contributed by atoms with E-state index in [0.717, 1.165) is 25.3 Å². The molecule has 0 aliphatic rings. The summed E-state index contributed by atoms with van der Waals surface area (Å²) in [6, 6.07) is 2.24. The molecule has 0 aliphatic carbocycles. The Morgan fingerprint density at radius 3 is 2.46 bits per heavy atom. The first-order valence-electron chi connectivity index (χ1n) is 4.83. The van der Waals surface area contributed by atoms with Gasteiger partial charge >= 0.3 is 0 Å². The van der Waals surface area contributed by atoms with Crippen LogP contribution in [0.1, 0.15) is 20.3 Å². The van der Waals surface area contributed by atoms with Gasteiger partial charge in [0.15, 0.2) is 0 Å². The van der Waals surface area contributed by atoms with E-state index in [4.69, 9.17) is 5.26 Å². The second-order valence-corrected chi connectivity index (χ2v) is 4.07. The standard InChI is InChI=1S/C10H20N2S/c1-4-10(8-13)7-12(3)6-9(2)5-11/h9-10,13H,4,6-8H2,1-3H3. The van der Waals surface area contributed by atoms with Crippen molar-refractivity contribution in [3.63, 3.8) is 0 Å². The van der Waals surface area contributed by atoms with Gasteiger partial charge in [-0.15, -0.1) is 0 Å². The van der Waals surface area contributed by atoms with Crippen LogP contribution in [0.15, 0.2) is 0 Å². The summed E-state index contributed by atoms with van der Waals surface area (Å²) in [5.41, 5.74) is 0. The van der Waals surface area contributed by atoms with Gasteiger partial charge in [-0.05, 0) is 25.6 Å². The SMILES string of the molecule is CCC(CS)CN(C)CC(C)C#N. The van der Waals surface area contributed by atoms with Crippen LogP contribution in [0.2, 0.25) is 0 Å². The van der Waals surface area contributed by atoms with Crippen molar-refractivity contribution >= 4 is 12.6 Å². The molecule has 2 unspecified atom stereocenters. The predicted octanol–water partition coefficient (Wildman–Crippen LogP) is 2.03. The van der Waals surface area contributed by atoms with Gasteiger partial charge < -0.3 is 4.90 Å². The van der Waals surface area contributed by atoms with Crippen molar-refractivity contribution in [1.82, 2.24) is 4.90 Å². The molecule has 0 bridgehead atoms. The Bertz CT molecular complexity index is 161. The van der Waals surface area contributed by atoms with Gasteiger partial charge in [-0.3, -0.25) is 0 Å². The summed E-state index contributed by atoms with van der Waals surface area (Å²) < 4.78 is 0. The molecular weight excluding hydrogens is 180 g/mol. The van der Waals surface area contributed by atoms with Crippen LogP contribution < -0.4 is 0 Å². The van der Waals surface area contributed by atoms with E-state index in [2.05, 4.69) is 37.6 Å². The number of hydrogen-bond donors (Lipinski definition) is 1. The van der Waals surface area contributed by atoms with Crippen LogP contribution in [-0.2, 0) is 0 Å². The molecule has 0 N–H and O–H groups in total. The highest BCUT2D eigenvalue weighted by Crippen LogP contribution is 2.07. The molecule has 76 valence electrons. The Kier molecular flexibility index (Phi) is 7.12. The Labute approximate surface area is 87.3 Å². The molecule has 0 saturated carbocycles. The number of thiol groups is 1. The Morgan fingerprint density at radius 1 is 1.46 bits per heavy atom. The van der Waals surface area contributed by atoms with Crippen molar-refractivity contribution in [3.8, 4) is 6.07 Å². The van der Waals surface area contributed by atoms with Crippen molar-refractivity contribution in [2.45, 2.75) is 20.3 Å². The molecular formula is C10H20N2S. The van der Waals surface area contributed by atoms with Crippen LogP contribution >= 0.6 is 12.6 Å². The van der Waals surface area contributed by atoms with E-state index in [1.807, 2.05) is 6.92 Å².